The van der Waals surface area contributed by atoms with Crippen molar-refractivity contribution in [3.05, 3.63) is 16.7 Å². The van der Waals surface area contributed by atoms with Gasteiger partial charge in [-0.2, -0.15) is 0 Å². The Labute approximate surface area is 227 Å². The molecule has 0 bridgehead atoms. The SMILES string of the molecule is CCCCCCCCCCOc1c(CCCCC)c(CCCCC)c(CCCCC)c(O)c1OC(=O)O. The normalized spacial score (nSPS) is 11.1. The second-order valence-electron chi connectivity index (χ2n) is 10.5. The van der Waals surface area contributed by atoms with Crippen LogP contribution in [0.25, 0.3) is 0 Å². The maximum absolute atomic E-state index is 11.6. The second kappa shape index (κ2) is 21.1. The largest absolute Gasteiger partial charge is 0.511 e. The van der Waals surface area contributed by atoms with Crippen LogP contribution in [0.3, 0.4) is 0 Å². The van der Waals surface area contributed by atoms with Crippen molar-refractivity contribution in [2.24, 2.45) is 0 Å². The zero-order chi connectivity index (χ0) is 27.3. The standard InChI is InChI=1S/C32H56O5/c1-5-9-13-14-15-16-17-21-25-36-30-28(24-20-12-8-4)26(22-18-10-6-2)27(23-19-11-7-3)29(33)31(30)37-32(34)35/h33H,5-25H2,1-4H3,(H,34,35). The van der Waals surface area contributed by atoms with Crippen LogP contribution in [0.4, 0.5) is 4.79 Å². The van der Waals surface area contributed by atoms with Gasteiger partial charge in [0.1, 0.15) is 0 Å². The smallest absolute Gasteiger partial charge is 0.504 e. The lowest BCUT2D eigenvalue weighted by atomic mass is 9.88. The van der Waals surface area contributed by atoms with Crippen LogP contribution in [-0.2, 0) is 19.3 Å². The summed E-state index contributed by atoms with van der Waals surface area (Å²) < 4.78 is 11.5. The lowest BCUT2D eigenvalue weighted by Crippen LogP contribution is -2.12. The summed E-state index contributed by atoms with van der Waals surface area (Å²) in [6.07, 6.45) is 20.3. The Morgan fingerprint density at radius 3 is 1.51 bits per heavy atom. The molecule has 0 unspecified atom stereocenters. The molecule has 0 heterocycles. The van der Waals surface area contributed by atoms with Gasteiger partial charge in [0.05, 0.1) is 6.61 Å². The van der Waals surface area contributed by atoms with Crippen molar-refractivity contribution in [1.29, 1.82) is 0 Å². The number of aromatic hydroxyl groups is 1. The van der Waals surface area contributed by atoms with E-state index in [1.807, 2.05) is 0 Å². The van der Waals surface area contributed by atoms with Crippen molar-refractivity contribution in [1.82, 2.24) is 0 Å². The number of hydrogen-bond acceptors (Lipinski definition) is 4. The van der Waals surface area contributed by atoms with E-state index in [1.54, 1.807) is 0 Å². The molecule has 5 heteroatoms. The molecule has 1 rings (SSSR count). The van der Waals surface area contributed by atoms with E-state index in [4.69, 9.17) is 9.47 Å². The van der Waals surface area contributed by atoms with E-state index in [9.17, 15) is 15.0 Å². The summed E-state index contributed by atoms with van der Waals surface area (Å²) in [6, 6.07) is 0. The molecule has 2 N–H and O–H groups in total. The van der Waals surface area contributed by atoms with Gasteiger partial charge in [0.15, 0.2) is 11.5 Å². The maximum Gasteiger partial charge on any atom is 0.511 e. The van der Waals surface area contributed by atoms with Crippen LogP contribution in [0.2, 0.25) is 0 Å². The van der Waals surface area contributed by atoms with Crippen LogP contribution >= 0.6 is 0 Å². The van der Waals surface area contributed by atoms with Crippen molar-refractivity contribution in [3.63, 3.8) is 0 Å². The molecule has 0 fully saturated rings. The van der Waals surface area contributed by atoms with Gasteiger partial charge in [0.25, 0.3) is 0 Å². The summed E-state index contributed by atoms with van der Waals surface area (Å²) in [7, 11) is 0. The van der Waals surface area contributed by atoms with E-state index in [0.717, 1.165) is 101 Å². The molecule has 0 spiro atoms. The van der Waals surface area contributed by atoms with Gasteiger partial charge in [-0.3, -0.25) is 0 Å². The highest BCUT2D eigenvalue weighted by Crippen LogP contribution is 2.47. The Morgan fingerprint density at radius 1 is 0.568 bits per heavy atom. The third-order valence-corrected chi connectivity index (χ3v) is 7.23. The Kier molecular flexibility index (Phi) is 18.9. The predicted octanol–water partition coefficient (Wildman–Crippen LogP) is 10.2. The highest BCUT2D eigenvalue weighted by Gasteiger charge is 2.27. The monoisotopic (exact) mass is 520 g/mol. The number of carbonyl (C=O) groups is 1. The quantitative estimate of drug-likeness (QED) is 0.0852. The van der Waals surface area contributed by atoms with Crippen LogP contribution < -0.4 is 9.47 Å². The summed E-state index contributed by atoms with van der Waals surface area (Å²) in [5.74, 6) is 0.434. The van der Waals surface area contributed by atoms with Crippen LogP contribution in [-0.4, -0.2) is 23.0 Å². The zero-order valence-corrected chi connectivity index (χ0v) is 24.5. The van der Waals surface area contributed by atoms with Gasteiger partial charge in [-0.1, -0.05) is 111 Å². The van der Waals surface area contributed by atoms with Gasteiger partial charge in [-0.05, 0) is 50.5 Å². The molecule has 1 aromatic carbocycles. The average Bonchev–Trinajstić information content (AvgIpc) is 2.88. The molecule has 5 nitrogen and oxygen atoms in total. The number of phenolic OH excluding ortho intramolecular Hbond substituents is 1. The van der Waals surface area contributed by atoms with E-state index in [-0.39, 0.29) is 11.5 Å². The minimum atomic E-state index is -1.41. The minimum Gasteiger partial charge on any atom is -0.504 e. The number of rotatable bonds is 23. The molecule has 37 heavy (non-hydrogen) atoms. The van der Waals surface area contributed by atoms with E-state index in [0.29, 0.717) is 12.4 Å². The molecule has 0 aliphatic rings. The summed E-state index contributed by atoms with van der Waals surface area (Å²) >= 11 is 0. The van der Waals surface area contributed by atoms with Crippen molar-refractivity contribution in [3.8, 4) is 17.2 Å². The van der Waals surface area contributed by atoms with Gasteiger partial charge in [0, 0.05) is 11.1 Å². The number of ether oxygens (including phenoxy) is 2. The fraction of sp³-hybridized carbons (Fsp3) is 0.781. The van der Waals surface area contributed by atoms with Crippen molar-refractivity contribution in [2.75, 3.05) is 6.61 Å². The topological polar surface area (TPSA) is 76.0 Å². The first kappa shape index (κ1) is 33.1. The van der Waals surface area contributed by atoms with Gasteiger partial charge >= 0.3 is 6.16 Å². The van der Waals surface area contributed by atoms with Gasteiger partial charge in [0.2, 0.25) is 5.75 Å². The number of benzene rings is 1. The second-order valence-corrected chi connectivity index (χ2v) is 10.5. The molecular weight excluding hydrogens is 464 g/mol. The van der Waals surface area contributed by atoms with Gasteiger partial charge < -0.3 is 19.7 Å². The average molecular weight is 521 g/mol. The summed E-state index contributed by atoms with van der Waals surface area (Å²) in [5.41, 5.74) is 3.10. The first-order valence-electron chi connectivity index (χ1n) is 15.4. The lowest BCUT2D eigenvalue weighted by molar-refractivity contribution is 0.140. The Hall–Kier alpha value is -1.91. The van der Waals surface area contributed by atoms with Crippen LogP contribution in [0, 0.1) is 0 Å². The van der Waals surface area contributed by atoms with Crippen LogP contribution in [0.1, 0.15) is 154 Å². The first-order valence-corrected chi connectivity index (χ1v) is 15.4. The molecule has 0 saturated carbocycles. The fourth-order valence-electron chi connectivity index (χ4n) is 5.08. The molecule has 0 aliphatic carbocycles. The van der Waals surface area contributed by atoms with E-state index >= 15 is 0 Å². The van der Waals surface area contributed by atoms with E-state index in [2.05, 4.69) is 27.7 Å². The zero-order valence-electron chi connectivity index (χ0n) is 24.5. The van der Waals surface area contributed by atoms with Crippen molar-refractivity contribution in [2.45, 2.75) is 156 Å². The molecule has 1 aromatic rings. The molecule has 0 atom stereocenters. The number of phenols is 1. The highest BCUT2D eigenvalue weighted by molar-refractivity contribution is 5.70. The Bertz CT molecular complexity index is 743. The summed E-state index contributed by atoms with van der Waals surface area (Å²) in [4.78, 5) is 11.6. The van der Waals surface area contributed by atoms with Crippen molar-refractivity contribution < 1.29 is 24.5 Å². The van der Waals surface area contributed by atoms with E-state index in [1.165, 1.54) is 44.1 Å². The third-order valence-electron chi connectivity index (χ3n) is 7.23. The number of carboxylic acid groups (broad SMARTS) is 1. The summed E-state index contributed by atoms with van der Waals surface area (Å²) in [6.45, 7) is 9.30. The third kappa shape index (κ3) is 12.9. The Morgan fingerprint density at radius 2 is 1.00 bits per heavy atom. The fourth-order valence-corrected chi connectivity index (χ4v) is 5.08. The molecular formula is C32H56O5. The van der Waals surface area contributed by atoms with Gasteiger partial charge in [-0.25, -0.2) is 4.79 Å². The molecule has 0 radical (unpaired) electrons. The Balaban J connectivity index is 3.25. The number of unbranched alkanes of at least 4 members (excludes halogenated alkanes) is 13. The predicted molar refractivity (Wildman–Crippen MR) is 155 cm³/mol. The molecule has 214 valence electrons. The van der Waals surface area contributed by atoms with Crippen molar-refractivity contribution >= 4 is 6.16 Å². The van der Waals surface area contributed by atoms with Crippen LogP contribution in [0.15, 0.2) is 0 Å². The van der Waals surface area contributed by atoms with E-state index < -0.39 is 6.16 Å². The molecule has 0 aromatic heterocycles. The summed E-state index contributed by atoms with van der Waals surface area (Å²) in [5, 5.41) is 20.8. The molecule has 0 saturated heterocycles. The van der Waals surface area contributed by atoms with Crippen LogP contribution in [0.5, 0.6) is 17.2 Å². The lowest BCUT2D eigenvalue weighted by Gasteiger charge is -2.24. The molecule has 0 aliphatic heterocycles. The maximum atomic E-state index is 11.6. The van der Waals surface area contributed by atoms with Gasteiger partial charge in [-0.15, -0.1) is 0 Å². The minimum absolute atomic E-state index is 0.00399. The molecule has 0 amide bonds. The number of hydrogen-bond donors (Lipinski definition) is 2. The first-order chi connectivity index (χ1) is 18.0. The highest BCUT2D eigenvalue weighted by atomic mass is 16.7.